The van der Waals surface area contributed by atoms with E-state index in [9.17, 15) is 23.6 Å². The van der Waals surface area contributed by atoms with Crippen molar-refractivity contribution in [2.75, 3.05) is 23.9 Å². The topological polar surface area (TPSA) is 74.8 Å². The van der Waals surface area contributed by atoms with Crippen molar-refractivity contribution in [1.29, 1.82) is 0 Å². The van der Waals surface area contributed by atoms with Crippen LogP contribution >= 0.6 is 0 Å². The maximum absolute atomic E-state index is 14.3. The summed E-state index contributed by atoms with van der Waals surface area (Å²) < 4.78 is 14.3. The molecule has 3 aromatic carbocycles. The zero-order chi connectivity index (χ0) is 24.1. The molecular weight excluding hydrogens is 435 g/mol. The van der Waals surface area contributed by atoms with E-state index in [-0.39, 0.29) is 5.56 Å². The predicted octanol–water partition coefficient (Wildman–Crippen LogP) is 3.86. The highest BCUT2D eigenvalue weighted by molar-refractivity contribution is 6.25. The Balaban J connectivity index is 1.72. The molecule has 0 saturated heterocycles. The standard InChI is InChI=1S/C27H21FN2O4/c1-29-19-12-5-3-10-17(19)24(31)22(26(29)33)21(15-8-7-9-16(28)14-15)23-25(32)18-11-4-6-13-20(18)30(2)27(23)34/h3-14,21-23H,1-2H3/t22-,23-/m1/s1. The molecule has 5 rings (SSSR count). The molecule has 2 aliphatic heterocycles. The molecule has 0 fully saturated rings. The van der Waals surface area contributed by atoms with Gasteiger partial charge in [-0.3, -0.25) is 19.2 Å². The molecule has 0 aromatic heterocycles. The highest BCUT2D eigenvalue weighted by atomic mass is 19.1. The smallest absolute Gasteiger partial charge is 0.238 e. The molecule has 7 heteroatoms. The fourth-order valence-electron chi connectivity index (χ4n) is 5.09. The van der Waals surface area contributed by atoms with Gasteiger partial charge in [-0.2, -0.15) is 0 Å². The van der Waals surface area contributed by atoms with Crippen LogP contribution in [0.15, 0.2) is 72.8 Å². The summed E-state index contributed by atoms with van der Waals surface area (Å²) in [5.41, 5.74) is 1.80. The fraction of sp³-hybridized carbons (Fsp3) is 0.185. The number of carbonyl (C=O) groups excluding carboxylic acids is 4. The van der Waals surface area contributed by atoms with Crippen LogP contribution in [0.1, 0.15) is 32.2 Å². The van der Waals surface area contributed by atoms with Gasteiger partial charge >= 0.3 is 0 Å². The van der Waals surface area contributed by atoms with E-state index in [0.29, 0.717) is 22.5 Å². The third kappa shape index (κ3) is 3.15. The Bertz CT molecular complexity index is 1290. The van der Waals surface area contributed by atoms with Gasteiger partial charge in [0.2, 0.25) is 11.8 Å². The molecule has 2 aliphatic rings. The molecule has 0 spiro atoms. The first kappa shape index (κ1) is 21.7. The minimum Gasteiger partial charge on any atom is -0.314 e. The zero-order valence-corrected chi connectivity index (χ0v) is 18.6. The minimum atomic E-state index is -1.36. The van der Waals surface area contributed by atoms with Gasteiger partial charge in [-0.05, 0) is 42.0 Å². The second-order valence-corrected chi connectivity index (χ2v) is 8.59. The number of ketones is 2. The third-order valence-electron chi connectivity index (χ3n) is 6.77. The van der Waals surface area contributed by atoms with Gasteiger partial charge in [0.15, 0.2) is 11.6 Å². The fourth-order valence-corrected chi connectivity index (χ4v) is 5.09. The van der Waals surface area contributed by atoms with Crippen LogP contribution in [0, 0.1) is 17.7 Å². The molecule has 0 radical (unpaired) electrons. The second-order valence-electron chi connectivity index (χ2n) is 8.59. The quantitative estimate of drug-likeness (QED) is 0.561. The number of rotatable bonds is 3. The number of halogens is 1. The summed E-state index contributed by atoms with van der Waals surface area (Å²) in [6.45, 7) is 0. The van der Waals surface area contributed by atoms with Gasteiger partial charge in [0.05, 0.1) is 11.4 Å². The lowest BCUT2D eigenvalue weighted by atomic mass is 9.68. The predicted molar refractivity (Wildman–Crippen MR) is 124 cm³/mol. The lowest BCUT2D eigenvalue weighted by molar-refractivity contribution is -0.124. The van der Waals surface area contributed by atoms with Crippen LogP contribution in [0.4, 0.5) is 15.8 Å². The van der Waals surface area contributed by atoms with E-state index in [4.69, 9.17) is 0 Å². The molecule has 2 heterocycles. The van der Waals surface area contributed by atoms with Crippen LogP contribution in [0.2, 0.25) is 0 Å². The number of carbonyl (C=O) groups is 4. The molecule has 170 valence electrons. The summed E-state index contributed by atoms with van der Waals surface area (Å²) in [6.07, 6.45) is 0. The van der Waals surface area contributed by atoms with Crippen LogP contribution in [0.25, 0.3) is 0 Å². The molecule has 2 amide bonds. The Morgan fingerprint density at radius 3 is 1.62 bits per heavy atom. The van der Waals surface area contributed by atoms with Crippen molar-refractivity contribution in [2.45, 2.75) is 5.92 Å². The average molecular weight is 456 g/mol. The lowest BCUT2D eigenvalue weighted by Gasteiger charge is -2.40. The Kier molecular flexibility index (Phi) is 5.12. The summed E-state index contributed by atoms with van der Waals surface area (Å²) in [7, 11) is 3.10. The van der Waals surface area contributed by atoms with Gasteiger partial charge < -0.3 is 9.80 Å². The first-order valence-electron chi connectivity index (χ1n) is 10.9. The maximum Gasteiger partial charge on any atom is 0.238 e. The van der Waals surface area contributed by atoms with Gasteiger partial charge in [-0.1, -0.05) is 36.4 Å². The Hall–Kier alpha value is -4.13. The monoisotopic (exact) mass is 456 g/mol. The van der Waals surface area contributed by atoms with Gasteiger partial charge in [0.1, 0.15) is 17.7 Å². The Morgan fingerprint density at radius 2 is 1.15 bits per heavy atom. The van der Waals surface area contributed by atoms with E-state index >= 15 is 0 Å². The van der Waals surface area contributed by atoms with Crippen LogP contribution < -0.4 is 9.80 Å². The average Bonchev–Trinajstić information content (AvgIpc) is 2.85. The van der Waals surface area contributed by atoms with Crippen molar-refractivity contribution in [3.8, 4) is 0 Å². The maximum atomic E-state index is 14.3. The van der Waals surface area contributed by atoms with Crippen molar-refractivity contribution in [1.82, 2.24) is 0 Å². The molecule has 34 heavy (non-hydrogen) atoms. The Labute approximate surface area is 195 Å². The molecule has 0 aliphatic carbocycles. The van der Waals surface area contributed by atoms with E-state index in [2.05, 4.69) is 0 Å². The van der Waals surface area contributed by atoms with Crippen molar-refractivity contribution in [2.24, 2.45) is 11.8 Å². The summed E-state index contributed by atoms with van der Waals surface area (Å²) in [5, 5.41) is 0. The molecule has 6 nitrogen and oxygen atoms in total. The summed E-state index contributed by atoms with van der Waals surface area (Å²) >= 11 is 0. The summed E-state index contributed by atoms with van der Waals surface area (Å²) in [5.74, 6) is -6.56. The number of hydrogen-bond acceptors (Lipinski definition) is 4. The van der Waals surface area contributed by atoms with Crippen LogP contribution in [-0.4, -0.2) is 37.5 Å². The van der Waals surface area contributed by atoms with Gasteiger partial charge in [0, 0.05) is 31.1 Å². The molecule has 2 atom stereocenters. The lowest BCUT2D eigenvalue weighted by Crippen LogP contribution is -2.52. The van der Waals surface area contributed by atoms with Crippen molar-refractivity contribution < 1.29 is 23.6 Å². The summed E-state index contributed by atoms with van der Waals surface area (Å²) in [4.78, 5) is 57.2. The second kappa shape index (κ2) is 8.02. The first-order chi connectivity index (χ1) is 16.3. The van der Waals surface area contributed by atoms with E-state index in [1.807, 2.05) is 0 Å². The van der Waals surface area contributed by atoms with Crippen molar-refractivity contribution >= 4 is 34.8 Å². The van der Waals surface area contributed by atoms with Gasteiger partial charge in [-0.25, -0.2) is 4.39 Å². The van der Waals surface area contributed by atoms with Crippen LogP contribution in [-0.2, 0) is 9.59 Å². The van der Waals surface area contributed by atoms with Gasteiger partial charge in [-0.15, -0.1) is 0 Å². The Morgan fingerprint density at radius 1 is 0.676 bits per heavy atom. The minimum absolute atomic E-state index is 0.249. The van der Waals surface area contributed by atoms with Crippen LogP contribution in [0.3, 0.4) is 0 Å². The number of fused-ring (bicyclic) bond motifs is 2. The molecular formula is C27H21FN2O4. The molecule has 0 bridgehead atoms. The molecule has 0 unspecified atom stereocenters. The molecule has 0 saturated carbocycles. The number of hydrogen-bond donors (Lipinski definition) is 0. The van der Waals surface area contributed by atoms with E-state index < -0.39 is 47.0 Å². The van der Waals surface area contributed by atoms with Crippen LogP contribution in [0.5, 0.6) is 0 Å². The third-order valence-corrected chi connectivity index (χ3v) is 6.77. The number of anilines is 2. The SMILES string of the molecule is CN1C(=O)[C@H](C(c2cccc(F)c2)[C@@H]2C(=O)c3ccccc3N(C)C2=O)C(=O)c2ccccc21. The van der Waals surface area contributed by atoms with Crippen molar-refractivity contribution in [3.05, 3.63) is 95.3 Å². The number of amides is 2. The highest BCUT2D eigenvalue weighted by Gasteiger charge is 2.52. The number of nitrogens with zero attached hydrogens (tertiary/aromatic N) is 2. The molecule has 0 N–H and O–H groups in total. The largest absolute Gasteiger partial charge is 0.314 e. The van der Waals surface area contributed by atoms with Gasteiger partial charge in [0.25, 0.3) is 0 Å². The highest BCUT2D eigenvalue weighted by Crippen LogP contribution is 2.45. The van der Waals surface area contributed by atoms with E-state index in [0.717, 1.165) is 0 Å². The normalized spacial score (nSPS) is 20.0. The van der Waals surface area contributed by atoms with Crippen molar-refractivity contribution in [3.63, 3.8) is 0 Å². The number of benzene rings is 3. The zero-order valence-electron chi connectivity index (χ0n) is 18.6. The molecule has 3 aromatic rings. The first-order valence-corrected chi connectivity index (χ1v) is 10.9. The number of para-hydroxylation sites is 2. The summed E-state index contributed by atoms with van der Waals surface area (Å²) in [6, 6.07) is 18.8. The number of Topliss-reactive ketones (excluding diaryl/α,β-unsaturated/α-hetero) is 2. The van der Waals surface area contributed by atoms with E-state index in [1.54, 1.807) is 68.7 Å². The van der Waals surface area contributed by atoms with E-state index in [1.165, 1.54) is 28.0 Å².